The predicted molar refractivity (Wildman–Crippen MR) is 76.1 cm³/mol. The number of hydrogen-bond donors (Lipinski definition) is 2. The van der Waals surface area contributed by atoms with Gasteiger partial charge in [-0.25, -0.2) is 0 Å². The minimum Gasteiger partial charge on any atom is -0.349 e. The molecule has 20 heavy (non-hydrogen) atoms. The molecule has 0 radical (unpaired) electrons. The molecule has 0 aromatic carbocycles. The maximum absolute atomic E-state index is 11.9. The third-order valence-electron chi connectivity index (χ3n) is 3.35. The molecule has 0 aliphatic heterocycles. The second-order valence-electron chi connectivity index (χ2n) is 5.01. The van der Waals surface area contributed by atoms with Crippen molar-refractivity contribution < 1.29 is 4.79 Å². The average molecular weight is 275 g/mol. The number of H-pyrrole nitrogens is 1. The van der Waals surface area contributed by atoms with E-state index in [0.29, 0.717) is 6.42 Å². The number of carbonyl (C=O) groups is 1. The highest BCUT2D eigenvalue weighted by molar-refractivity contribution is 5.76. The Morgan fingerprint density at radius 3 is 2.90 bits per heavy atom. The van der Waals surface area contributed by atoms with E-state index < -0.39 is 0 Å². The Balaban J connectivity index is 1.79. The molecular weight excluding hydrogens is 254 g/mol. The van der Waals surface area contributed by atoms with Crippen LogP contribution in [0.2, 0.25) is 0 Å². The van der Waals surface area contributed by atoms with Gasteiger partial charge in [-0.3, -0.25) is 14.6 Å². The molecule has 2 N–H and O–H groups in total. The molecule has 0 aliphatic carbocycles. The van der Waals surface area contributed by atoms with Crippen molar-refractivity contribution in [3.63, 3.8) is 0 Å². The Labute approximate surface area is 118 Å². The molecule has 0 unspecified atom stereocenters. The molecule has 0 saturated carbocycles. The Morgan fingerprint density at radius 1 is 1.50 bits per heavy atom. The van der Waals surface area contributed by atoms with E-state index in [9.17, 15) is 4.79 Å². The summed E-state index contributed by atoms with van der Waals surface area (Å²) in [7, 11) is 0. The highest BCUT2D eigenvalue weighted by Gasteiger charge is 2.16. The number of nitrogens with one attached hydrogen (secondary N) is 2. The van der Waals surface area contributed by atoms with Crippen LogP contribution in [0.1, 0.15) is 42.8 Å². The highest BCUT2D eigenvalue weighted by atomic mass is 16.1. The quantitative estimate of drug-likeness (QED) is 0.845. The number of aryl methyl sites for hydroxylation is 3. The molecule has 0 spiro atoms. The second-order valence-corrected chi connectivity index (χ2v) is 5.01. The van der Waals surface area contributed by atoms with E-state index in [1.807, 2.05) is 37.7 Å². The van der Waals surface area contributed by atoms with E-state index in [-0.39, 0.29) is 11.9 Å². The molecule has 6 heteroatoms. The van der Waals surface area contributed by atoms with Gasteiger partial charge in [0.1, 0.15) is 0 Å². The normalized spacial score (nSPS) is 12.3. The zero-order chi connectivity index (χ0) is 14.5. The number of hydrogen-bond acceptors (Lipinski definition) is 3. The zero-order valence-electron chi connectivity index (χ0n) is 12.2. The molecule has 0 aliphatic rings. The SMILES string of the molecule is Cc1n[nH]c(C)c1[C@H](C)NC(=O)CCCn1cccn1. The second kappa shape index (κ2) is 6.36. The van der Waals surface area contributed by atoms with Gasteiger partial charge in [0.05, 0.1) is 11.7 Å². The summed E-state index contributed by atoms with van der Waals surface area (Å²) in [6, 6.07) is 1.86. The number of amides is 1. The standard InChI is InChI=1S/C14H21N5O/c1-10(14-11(2)17-18-12(14)3)16-13(20)6-4-8-19-9-5-7-15-19/h5,7,9-10H,4,6,8H2,1-3H3,(H,16,20)(H,17,18)/t10-/m0/s1. The average Bonchev–Trinajstić information content (AvgIpc) is 2.99. The van der Waals surface area contributed by atoms with Crippen molar-refractivity contribution in [2.45, 2.75) is 46.2 Å². The fourth-order valence-corrected chi connectivity index (χ4v) is 2.42. The number of carbonyl (C=O) groups excluding carboxylic acids is 1. The minimum atomic E-state index is -0.0223. The number of aromatic amines is 1. The van der Waals surface area contributed by atoms with E-state index in [0.717, 1.165) is 29.9 Å². The largest absolute Gasteiger partial charge is 0.349 e. The van der Waals surface area contributed by atoms with Gasteiger partial charge in [-0.05, 0) is 33.3 Å². The molecule has 2 rings (SSSR count). The van der Waals surface area contributed by atoms with Gasteiger partial charge in [0.2, 0.25) is 5.91 Å². The van der Waals surface area contributed by atoms with Gasteiger partial charge in [0.15, 0.2) is 0 Å². The highest BCUT2D eigenvalue weighted by Crippen LogP contribution is 2.18. The summed E-state index contributed by atoms with van der Waals surface area (Å²) in [5.74, 6) is 0.0599. The Bertz CT molecular complexity index is 539. The molecule has 0 saturated heterocycles. The van der Waals surface area contributed by atoms with Gasteiger partial charge in [-0.15, -0.1) is 0 Å². The van der Waals surface area contributed by atoms with Crippen molar-refractivity contribution in [2.24, 2.45) is 0 Å². The summed E-state index contributed by atoms with van der Waals surface area (Å²) in [5.41, 5.74) is 3.02. The molecular formula is C14H21N5O. The third-order valence-corrected chi connectivity index (χ3v) is 3.35. The first-order valence-corrected chi connectivity index (χ1v) is 6.86. The summed E-state index contributed by atoms with van der Waals surface area (Å²) in [5, 5.41) is 14.2. The number of rotatable bonds is 6. The van der Waals surface area contributed by atoms with Crippen molar-refractivity contribution in [1.29, 1.82) is 0 Å². The first-order chi connectivity index (χ1) is 9.58. The molecule has 2 aromatic rings. The van der Waals surface area contributed by atoms with Crippen molar-refractivity contribution in [3.05, 3.63) is 35.4 Å². The van der Waals surface area contributed by atoms with Crippen LogP contribution in [0.5, 0.6) is 0 Å². The monoisotopic (exact) mass is 275 g/mol. The lowest BCUT2D eigenvalue weighted by Gasteiger charge is -2.14. The maximum Gasteiger partial charge on any atom is 0.220 e. The summed E-state index contributed by atoms with van der Waals surface area (Å²) in [4.78, 5) is 11.9. The Hall–Kier alpha value is -2.11. The van der Waals surface area contributed by atoms with E-state index in [4.69, 9.17) is 0 Å². The summed E-state index contributed by atoms with van der Waals surface area (Å²) < 4.78 is 1.83. The molecule has 1 amide bonds. The van der Waals surface area contributed by atoms with E-state index >= 15 is 0 Å². The van der Waals surface area contributed by atoms with Crippen LogP contribution in [0.4, 0.5) is 0 Å². The van der Waals surface area contributed by atoms with Gasteiger partial charge in [-0.1, -0.05) is 0 Å². The van der Waals surface area contributed by atoms with Gasteiger partial charge < -0.3 is 5.32 Å². The molecule has 1 atom stereocenters. The number of aromatic nitrogens is 4. The minimum absolute atomic E-state index is 0.0223. The van der Waals surface area contributed by atoms with Crippen LogP contribution in [-0.2, 0) is 11.3 Å². The summed E-state index contributed by atoms with van der Waals surface area (Å²) in [6.45, 7) is 6.66. The fraction of sp³-hybridized carbons (Fsp3) is 0.500. The van der Waals surface area contributed by atoms with Gasteiger partial charge >= 0.3 is 0 Å². The van der Waals surface area contributed by atoms with Gasteiger partial charge in [0.25, 0.3) is 0 Å². The summed E-state index contributed by atoms with van der Waals surface area (Å²) in [6.07, 6.45) is 4.93. The summed E-state index contributed by atoms with van der Waals surface area (Å²) >= 11 is 0. The van der Waals surface area contributed by atoms with Crippen molar-refractivity contribution in [3.8, 4) is 0 Å². The smallest absolute Gasteiger partial charge is 0.220 e. The topological polar surface area (TPSA) is 75.6 Å². The van der Waals surface area contributed by atoms with Gasteiger partial charge in [0, 0.05) is 36.6 Å². The van der Waals surface area contributed by atoms with Crippen molar-refractivity contribution in [1.82, 2.24) is 25.3 Å². The van der Waals surface area contributed by atoms with Crippen LogP contribution in [0.3, 0.4) is 0 Å². The molecule has 2 heterocycles. The zero-order valence-corrected chi connectivity index (χ0v) is 12.2. The molecule has 108 valence electrons. The fourth-order valence-electron chi connectivity index (χ4n) is 2.42. The molecule has 0 fully saturated rings. The van der Waals surface area contributed by atoms with Crippen molar-refractivity contribution in [2.75, 3.05) is 0 Å². The molecule has 0 bridgehead atoms. The van der Waals surface area contributed by atoms with Crippen LogP contribution in [0.25, 0.3) is 0 Å². The first kappa shape index (κ1) is 14.3. The van der Waals surface area contributed by atoms with Crippen LogP contribution < -0.4 is 5.32 Å². The van der Waals surface area contributed by atoms with Crippen LogP contribution >= 0.6 is 0 Å². The predicted octanol–water partition coefficient (Wildman–Crippen LogP) is 1.88. The van der Waals surface area contributed by atoms with E-state index in [1.54, 1.807) is 6.20 Å². The molecule has 6 nitrogen and oxygen atoms in total. The van der Waals surface area contributed by atoms with Gasteiger partial charge in [-0.2, -0.15) is 10.2 Å². The van der Waals surface area contributed by atoms with Crippen LogP contribution in [0, 0.1) is 13.8 Å². The van der Waals surface area contributed by atoms with E-state index in [2.05, 4.69) is 20.6 Å². The van der Waals surface area contributed by atoms with Crippen LogP contribution in [-0.4, -0.2) is 25.9 Å². The first-order valence-electron chi connectivity index (χ1n) is 6.86. The Morgan fingerprint density at radius 2 is 2.30 bits per heavy atom. The lowest BCUT2D eigenvalue weighted by atomic mass is 10.1. The Kier molecular flexibility index (Phi) is 4.55. The van der Waals surface area contributed by atoms with Crippen molar-refractivity contribution >= 4 is 5.91 Å². The van der Waals surface area contributed by atoms with Crippen LogP contribution in [0.15, 0.2) is 18.5 Å². The maximum atomic E-state index is 11.9. The van der Waals surface area contributed by atoms with E-state index in [1.165, 1.54) is 0 Å². The third kappa shape index (κ3) is 3.46. The lowest BCUT2D eigenvalue weighted by Crippen LogP contribution is -2.27. The lowest BCUT2D eigenvalue weighted by molar-refractivity contribution is -0.121. The molecule has 2 aromatic heterocycles. The number of nitrogens with zero attached hydrogens (tertiary/aromatic N) is 3.